The lowest BCUT2D eigenvalue weighted by molar-refractivity contribution is -0.148. The highest BCUT2D eigenvalue weighted by atomic mass is 16.5. The molecule has 0 unspecified atom stereocenters. The molecule has 2 atom stereocenters. The molecule has 2 aliphatic heterocycles. The van der Waals surface area contributed by atoms with Gasteiger partial charge >= 0.3 is 0 Å². The second-order valence-electron chi connectivity index (χ2n) is 6.58. The Labute approximate surface area is 136 Å². The van der Waals surface area contributed by atoms with Crippen LogP contribution in [0.2, 0.25) is 0 Å². The van der Waals surface area contributed by atoms with Gasteiger partial charge in [-0.15, -0.1) is 0 Å². The first-order valence-electron chi connectivity index (χ1n) is 8.30. The molecule has 3 heterocycles. The first-order chi connectivity index (χ1) is 11.0. The zero-order valence-electron chi connectivity index (χ0n) is 13.7. The van der Waals surface area contributed by atoms with Gasteiger partial charge in [-0.1, -0.05) is 0 Å². The van der Waals surface area contributed by atoms with Crippen LogP contribution in [0.15, 0.2) is 23.0 Å². The molecule has 0 radical (unpaired) electrons. The van der Waals surface area contributed by atoms with Gasteiger partial charge in [-0.3, -0.25) is 9.59 Å². The summed E-state index contributed by atoms with van der Waals surface area (Å²) in [7, 11) is 0. The minimum absolute atomic E-state index is 0.0147. The van der Waals surface area contributed by atoms with E-state index < -0.39 is 0 Å². The van der Waals surface area contributed by atoms with Gasteiger partial charge in [0.2, 0.25) is 5.91 Å². The van der Waals surface area contributed by atoms with Crippen molar-refractivity contribution in [1.82, 2.24) is 9.80 Å². The molecular weight excluding hydrogens is 296 g/mol. The zero-order valence-corrected chi connectivity index (χ0v) is 13.7. The number of carbonyl (C=O) groups excluding carboxylic acids is 2. The van der Waals surface area contributed by atoms with Crippen LogP contribution >= 0.6 is 0 Å². The SMILES string of the molecule is C[C@@H]1CN(C(=O)C2CCN(C(=O)c3ccoc3)CC2)C[C@H](C)O1. The highest BCUT2D eigenvalue weighted by molar-refractivity contribution is 5.94. The lowest BCUT2D eigenvalue weighted by atomic mass is 9.94. The predicted molar refractivity (Wildman–Crippen MR) is 83.9 cm³/mol. The maximum atomic E-state index is 12.7. The number of hydrogen-bond donors (Lipinski definition) is 0. The van der Waals surface area contributed by atoms with Crippen LogP contribution in [0, 0.1) is 5.92 Å². The number of likely N-dealkylation sites (tertiary alicyclic amines) is 1. The molecule has 0 saturated carbocycles. The predicted octanol–water partition coefficient (Wildman–Crippen LogP) is 1.77. The van der Waals surface area contributed by atoms with E-state index in [-0.39, 0.29) is 29.9 Å². The van der Waals surface area contributed by atoms with Crippen LogP contribution < -0.4 is 0 Å². The Morgan fingerprint density at radius 1 is 1.09 bits per heavy atom. The third-order valence-electron chi connectivity index (χ3n) is 4.63. The molecule has 1 aromatic heterocycles. The van der Waals surface area contributed by atoms with Gasteiger partial charge in [-0.2, -0.15) is 0 Å². The summed E-state index contributed by atoms with van der Waals surface area (Å²) >= 11 is 0. The van der Waals surface area contributed by atoms with Crippen molar-refractivity contribution in [2.45, 2.75) is 38.9 Å². The molecule has 126 valence electrons. The first-order valence-corrected chi connectivity index (χ1v) is 8.30. The Hall–Kier alpha value is -1.82. The van der Waals surface area contributed by atoms with E-state index in [2.05, 4.69) is 0 Å². The van der Waals surface area contributed by atoms with Crippen molar-refractivity contribution >= 4 is 11.8 Å². The monoisotopic (exact) mass is 320 g/mol. The number of ether oxygens (including phenoxy) is 1. The second-order valence-corrected chi connectivity index (χ2v) is 6.58. The van der Waals surface area contributed by atoms with Gasteiger partial charge in [0.1, 0.15) is 6.26 Å². The maximum absolute atomic E-state index is 12.7. The molecule has 1 aromatic rings. The van der Waals surface area contributed by atoms with Gasteiger partial charge in [-0.25, -0.2) is 0 Å². The number of carbonyl (C=O) groups is 2. The second kappa shape index (κ2) is 6.74. The summed E-state index contributed by atoms with van der Waals surface area (Å²) in [6.45, 7) is 6.57. The van der Waals surface area contributed by atoms with Gasteiger partial charge in [-0.05, 0) is 32.8 Å². The molecule has 3 rings (SSSR count). The van der Waals surface area contributed by atoms with Crippen molar-refractivity contribution in [3.05, 3.63) is 24.2 Å². The number of piperidine rings is 1. The van der Waals surface area contributed by atoms with Gasteiger partial charge in [0, 0.05) is 32.1 Å². The van der Waals surface area contributed by atoms with Crippen molar-refractivity contribution in [2.24, 2.45) is 5.92 Å². The van der Waals surface area contributed by atoms with Gasteiger partial charge in [0.25, 0.3) is 5.91 Å². The van der Waals surface area contributed by atoms with Crippen LogP contribution in [0.5, 0.6) is 0 Å². The summed E-state index contributed by atoms with van der Waals surface area (Å²) < 4.78 is 10.7. The summed E-state index contributed by atoms with van der Waals surface area (Å²) in [5.41, 5.74) is 0.575. The Balaban J connectivity index is 1.54. The Morgan fingerprint density at radius 3 is 2.30 bits per heavy atom. The fraction of sp³-hybridized carbons (Fsp3) is 0.647. The number of amides is 2. The minimum atomic E-state index is -0.0155. The molecule has 6 nitrogen and oxygen atoms in total. The van der Waals surface area contributed by atoms with Gasteiger partial charge < -0.3 is 19.0 Å². The average molecular weight is 320 g/mol. The maximum Gasteiger partial charge on any atom is 0.257 e. The number of hydrogen-bond acceptors (Lipinski definition) is 4. The van der Waals surface area contributed by atoms with E-state index in [1.54, 1.807) is 11.0 Å². The first kappa shape index (κ1) is 16.1. The number of morpholine rings is 1. The Morgan fingerprint density at radius 2 is 1.74 bits per heavy atom. The number of rotatable bonds is 2. The smallest absolute Gasteiger partial charge is 0.257 e. The van der Waals surface area contributed by atoms with E-state index in [9.17, 15) is 9.59 Å². The molecule has 2 saturated heterocycles. The third kappa shape index (κ3) is 3.58. The summed E-state index contributed by atoms with van der Waals surface area (Å²) in [5, 5.41) is 0. The van der Waals surface area contributed by atoms with Crippen LogP contribution in [0.1, 0.15) is 37.0 Å². The van der Waals surface area contributed by atoms with E-state index in [0.29, 0.717) is 31.7 Å². The molecule has 0 aromatic carbocycles. The molecule has 0 spiro atoms. The molecule has 2 amide bonds. The van der Waals surface area contributed by atoms with Crippen molar-refractivity contribution in [2.75, 3.05) is 26.2 Å². The van der Waals surface area contributed by atoms with E-state index >= 15 is 0 Å². The lowest BCUT2D eigenvalue weighted by Crippen LogP contribution is -2.51. The quantitative estimate of drug-likeness (QED) is 0.833. The topological polar surface area (TPSA) is 63.0 Å². The third-order valence-corrected chi connectivity index (χ3v) is 4.63. The van der Waals surface area contributed by atoms with Crippen molar-refractivity contribution in [1.29, 1.82) is 0 Å². The fourth-order valence-electron chi connectivity index (χ4n) is 3.51. The molecule has 0 bridgehead atoms. The lowest BCUT2D eigenvalue weighted by Gasteiger charge is -2.39. The zero-order chi connectivity index (χ0) is 16.4. The summed E-state index contributed by atoms with van der Waals surface area (Å²) in [5.74, 6) is 0.210. The van der Waals surface area contributed by atoms with E-state index in [4.69, 9.17) is 9.15 Å². The van der Waals surface area contributed by atoms with Crippen LogP contribution in [-0.4, -0.2) is 60.0 Å². The normalized spacial score (nSPS) is 26.3. The minimum Gasteiger partial charge on any atom is -0.472 e. The number of nitrogens with zero attached hydrogens (tertiary/aromatic N) is 2. The van der Waals surface area contributed by atoms with Crippen molar-refractivity contribution in [3.63, 3.8) is 0 Å². The van der Waals surface area contributed by atoms with Crippen LogP contribution in [-0.2, 0) is 9.53 Å². The highest BCUT2D eigenvalue weighted by Gasteiger charge is 2.33. The van der Waals surface area contributed by atoms with E-state index in [0.717, 1.165) is 12.8 Å². The Kier molecular flexibility index (Phi) is 4.71. The molecule has 0 N–H and O–H groups in total. The average Bonchev–Trinajstić information content (AvgIpc) is 3.07. The van der Waals surface area contributed by atoms with E-state index in [1.807, 2.05) is 18.7 Å². The summed E-state index contributed by atoms with van der Waals surface area (Å²) in [6, 6.07) is 1.68. The highest BCUT2D eigenvalue weighted by Crippen LogP contribution is 2.23. The largest absolute Gasteiger partial charge is 0.472 e. The van der Waals surface area contributed by atoms with Gasteiger partial charge in [0.05, 0.1) is 24.0 Å². The summed E-state index contributed by atoms with van der Waals surface area (Å²) in [4.78, 5) is 28.7. The molecule has 2 aliphatic rings. The van der Waals surface area contributed by atoms with Gasteiger partial charge in [0.15, 0.2) is 0 Å². The fourth-order valence-corrected chi connectivity index (χ4v) is 3.51. The summed E-state index contributed by atoms with van der Waals surface area (Å²) in [6.07, 6.45) is 4.60. The molecule has 6 heteroatoms. The van der Waals surface area contributed by atoms with Crippen LogP contribution in [0.3, 0.4) is 0 Å². The molecule has 23 heavy (non-hydrogen) atoms. The molecule has 0 aliphatic carbocycles. The van der Waals surface area contributed by atoms with Crippen molar-refractivity contribution in [3.8, 4) is 0 Å². The van der Waals surface area contributed by atoms with E-state index in [1.165, 1.54) is 12.5 Å². The number of furan rings is 1. The van der Waals surface area contributed by atoms with Crippen molar-refractivity contribution < 1.29 is 18.7 Å². The van der Waals surface area contributed by atoms with Crippen LogP contribution in [0.25, 0.3) is 0 Å². The standard InChI is InChI=1S/C17H24N2O4/c1-12-9-19(10-13(2)23-12)16(20)14-3-6-18(7-4-14)17(21)15-5-8-22-11-15/h5,8,11-14H,3-4,6-7,9-10H2,1-2H3/t12-,13+. The van der Waals surface area contributed by atoms with Crippen LogP contribution in [0.4, 0.5) is 0 Å². The Bertz CT molecular complexity index is 539. The molecular formula is C17H24N2O4. The molecule has 2 fully saturated rings.